The van der Waals surface area contributed by atoms with E-state index >= 15 is 0 Å². The van der Waals surface area contributed by atoms with E-state index in [0.717, 1.165) is 35.4 Å². The van der Waals surface area contributed by atoms with Crippen LogP contribution in [-0.2, 0) is 55.7 Å². The van der Waals surface area contributed by atoms with Gasteiger partial charge in [-0.2, -0.15) is 0 Å². The zero-order chi connectivity index (χ0) is 62.0. The van der Waals surface area contributed by atoms with E-state index < -0.39 is 81.2 Å². The van der Waals surface area contributed by atoms with Gasteiger partial charge in [0.25, 0.3) is 11.1 Å². The number of amides is 4. The lowest BCUT2D eigenvalue weighted by Crippen LogP contribution is -2.54. The molecule has 2 aliphatic rings. The summed E-state index contributed by atoms with van der Waals surface area (Å²) < 4.78 is 68.5. The normalized spacial score (nSPS) is 14.9. The lowest BCUT2D eigenvalue weighted by atomic mass is 9.91. The molecule has 20 heteroatoms. The summed E-state index contributed by atoms with van der Waals surface area (Å²) in [6, 6.07) is 20.3. The van der Waals surface area contributed by atoms with Crippen molar-refractivity contribution < 1.29 is 46.2 Å². The van der Waals surface area contributed by atoms with Crippen molar-refractivity contribution in [1.82, 2.24) is 31.2 Å². The van der Waals surface area contributed by atoms with Crippen LogP contribution in [0.5, 0.6) is 11.5 Å². The molecule has 0 fully saturated rings. The Hall–Kier alpha value is -8.98. The van der Waals surface area contributed by atoms with E-state index in [1.54, 1.807) is 74.8 Å². The molecule has 16 nitrogen and oxygen atoms in total. The summed E-state index contributed by atoms with van der Waals surface area (Å²) in [6.45, 7) is 11.7. The van der Waals surface area contributed by atoms with Crippen LogP contribution in [-0.4, -0.2) is 98.2 Å². The van der Waals surface area contributed by atoms with E-state index in [9.17, 15) is 46.3 Å². The molecule has 2 aromatic heterocycles. The molecule has 450 valence electrons. The van der Waals surface area contributed by atoms with E-state index in [0.29, 0.717) is 47.1 Å². The molecule has 0 bridgehead atoms. The fourth-order valence-electron chi connectivity index (χ4n) is 10.8. The zero-order valence-electron chi connectivity index (χ0n) is 49.3. The molecule has 0 aliphatic carbocycles. The molecule has 8 rings (SSSR count). The third-order valence-electron chi connectivity index (χ3n) is 15.5. The fraction of sp³-hybridized carbons (Fsp3) is 0.364. The second-order valence-electron chi connectivity index (χ2n) is 22.7. The van der Waals surface area contributed by atoms with Crippen molar-refractivity contribution in [2.24, 2.45) is 0 Å². The predicted octanol–water partition coefficient (Wildman–Crippen LogP) is 6.97. The Morgan fingerprint density at radius 2 is 0.919 bits per heavy atom. The highest BCUT2D eigenvalue weighted by atomic mass is 19.1. The topological polar surface area (TPSA) is 207 Å². The van der Waals surface area contributed by atoms with Crippen LogP contribution in [0.4, 0.5) is 28.9 Å². The molecule has 0 spiro atoms. The van der Waals surface area contributed by atoms with Gasteiger partial charge in [-0.15, -0.1) is 0 Å². The van der Waals surface area contributed by atoms with Crippen molar-refractivity contribution in [2.45, 2.75) is 115 Å². The van der Waals surface area contributed by atoms with Crippen molar-refractivity contribution in [3.05, 3.63) is 186 Å². The molecule has 4 atom stereocenters. The van der Waals surface area contributed by atoms with E-state index in [1.165, 1.54) is 21.9 Å². The monoisotopic (exact) mass is 1180 g/mol. The number of pyridine rings is 2. The third-order valence-corrected chi connectivity index (χ3v) is 15.5. The first-order valence-electron chi connectivity index (χ1n) is 28.4. The van der Waals surface area contributed by atoms with Gasteiger partial charge in [-0.25, -0.2) is 17.6 Å². The molecule has 0 saturated carbocycles. The summed E-state index contributed by atoms with van der Waals surface area (Å²) in [5.41, 5.74) is 1.68. The number of carbonyl (C=O) groups excluding carboxylic acids is 4. The molecule has 0 saturated heterocycles. The summed E-state index contributed by atoms with van der Waals surface area (Å²) in [4.78, 5) is 91.8. The van der Waals surface area contributed by atoms with Gasteiger partial charge in [-0.1, -0.05) is 77.9 Å². The van der Waals surface area contributed by atoms with Crippen LogP contribution in [0.25, 0.3) is 0 Å². The number of aromatic nitrogens is 2. The van der Waals surface area contributed by atoms with Crippen molar-refractivity contribution in [3.63, 3.8) is 0 Å². The Kier molecular flexibility index (Phi) is 20.1. The van der Waals surface area contributed by atoms with Crippen molar-refractivity contribution >= 4 is 35.0 Å². The van der Waals surface area contributed by atoms with Gasteiger partial charge in [-0.3, -0.25) is 28.8 Å². The van der Waals surface area contributed by atoms with Crippen LogP contribution in [0.1, 0.15) is 99.2 Å². The third kappa shape index (κ3) is 14.9. The molecule has 4 amide bonds. The number of carbonyl (C=O) groups is 4. The number of fused-ring (bicyclic) bond motifs is 2. The molecule has 4 aromatic carbocycles. The number of halogens is 4. The van der Waals surface area contributed by atoms with Gasteiger partial charge in [-0.05, 0) is 121 Å². The number of hydrogen-bond donors (Lipinski definition) is 6. The maximum absolute atomic E-state index is 14.7. The number of nitrogens with one attached hydrogen (secondary N) is 6. The van der Waals surface area contributed by atoms with Gasteiger partial charge < -0.3 is 50.5 Å². The number of benzene rings is 4. The number of likely N-dealkylation sites (N-methyl/N-ethyl adjacent to an activating group) is 2. The Morgan fingerprint density at radius 3 is 1.26 bits per heavy atom. The van der Waals surface area contributed by atoms with Crippen LogP contribution < -0.4 is 51.7 Å². The first-order valence-corrected chi connectivity index (χ1v) is 28.4. The number of hydrogen-bond acceptors (Lipinski definition) is 10. The standard InChI is InChI=1S/C66H70F4N8O8/c1-9-51(71-7)61(81)73-53(63(83)77-37-65(3,4)57-55(77)33-43(59(79)75-57)31-41-19-21-45(67)35-49(41)69)29-39-15-23-47(24-16-39)85-27-13-11-12-14-28-86-48-25-17-40(18-26-48)30-54(74-62(82)52(10-2)72-8)64(84)78-38-66(5,6)58-56(78)34-44(60(80)76-58)32-42-20-22-46(68)36-50(42)70/h15-26,33-36,51-54,71-72H,9-10,27-32,37-38H2,1-8H3,(H,73,81)(H,74,82)(H,75,79)(H,76,80)/t51-,52-,53-,54-/m0/s1. The Morgan fingerprint density at radius 1 is 0.547 bits per heavy atom. The summed E-state index contributed by atoms with van der Waals surface area (Å²) in [7, 11) is 3.32. The molecule has 86 heavy (non-hydrogen) atoms. The average molecular weight is 1180 g/mol. The molecular weight excluding hydrogens is 1110 g/mol. The quantitative estimate of drug-likeness (QED) is 0.0304. The average Bonchev–Trinajstić information content (AvgIpc) is 1.79. The Balaban J connectivity index is 0.873. The van der Waals surface area contributed by atoms with Gasteiger partial charge >= 0.3 is 0 Å². The highest BCUT2D eigenvalue weighted by Crippen LogP contribution is 2.41. The van der Waals surface area contributed by atoms with Gasteiger partial charge in [0.15, 0.2) is 0 Å². The van der Waals surface area contributed by atoms with Crippen LogP contribution in [0, 0.1) is 47.0 Å². The predicted molar refractivity (Wildman–Crippen MR) is 320 cm³/mol. The number of ether oxygens (including phenoxy) is 2. The number of aromatic amines is 2. The maximum Gasteiger partial charge on any atom is 0.251 e. The molecule has 2 aliphatic heterocycles. The first kappa shape index (κ1) is 63.1. The van der Waals surface area contributed by atoms with Gasteiger partial charge in [0.2, 0.25) is 23.6 Å². The molecular formula is C66H70F4N8O8. The minimum Gasteiger partial charge on any atom is -0.481 e. The first-order chi connectivity index (χ1) is 41.0. The van der Waals surface area contributed by atoms with E-state index in [1.807, 2.05) is 41.5 Å². The fourth-order valence-corrected chi connectivity index (χ4v) is 10.8. The molecule has 4 heterocycles. The zero-order valence-corrected chi connectivity index (χ0v) is 49.3. The Bertz CT molecular complexity index is 3520. The van der Waals surface area contributed by atoms with Gasteiger partial charge in [0.05, 0.1) is 23.5 Å². The number of nitrogens with zero attached hydrogens (tertiary/aromatic N) is 2. The minimum absolute atomic E-state index is 0.0112. The second-order valence-corrected chi connectivity index (χ2v) is 22.7. The number of H-pyrrole nitrogens is 2. The molecule has 0 radical (unpaired) electrons. The molecule has 6 aromatic rings. The highest BCUT2D eigenvalue weighted by molar-refractivity contribution is 6.03. The minimum atomic E-state index is -1.03. The van der Waals surface area contributed by atoms with Crippen LogP contribution in [0.15, 0.2) is 107 Å². The van der Waals surface area contributed by atoms with E-state index in [4.69, 9.17) is 9.47 Å². The van der Waals surface area contributed by atoms with Crippen molar-refractivity contribution in [3.8, 4) is 35.2 Å². The SMILES string of the molecule is CC[C@H](NC)C(=O)N[C@@H](Cc1ccc(OCC#CC#CCOc2ccc(C[C@H](NC(=O)[C@H](CC)NC)C(=O)N3CC(C)(C)c4[nH]c(=O)c(Cc5ccc(F)cc5F)cc43)cc2)cc1)C(=O)N1CC(C)(C)c2[nH]c(=O)c(Cc3ccc(F)cc3F)cc21. The summed E-state index contributed by atoms with van der Waals surface area (Å²) in [5, 5.41) is 11.9. The van der Waals surface area contributed by atoms with Crippen LogP contribution in [0.3, 0.4) is 0 Å². The lowest BCUT2D eigenvalue weighted by molar-refractivity contribution is -0.128. The maximum atomic E-state index is 14.7. The summed E-state index contributed by atoms with van der Waals surface area (Å²) in [5.74, 6) is 7.56. The lowest BCUT2D eigenvalue weighted by Gasteiger charge is -2.27. The largest absolute Gasteiger partial charge is 0.481 e. The number of rotatable bonds is 22. The van der Waals surface area contributed by atoms with Crippen molar-refractivity contribution in [1.29, 1.82) is 0 Å². The van der Waals surface area contributed by atoms with E-state index in [2.05, 4.69) is 54.9 Å². The van der Waals surface area contributed by atoms with Gasteiger partial charge in [0, 0.05) is 84.3 Å². The van der Waals surface area contributed by atoms with Crippen LogP contribution in [0.2, 0.25) is 0 Å². The summed E-state index contributed by atoms with van der Waals surface area (Å²) >= 11 is 0. The highest BCUT2D eigenvalue weighted by Gasteiger charge is 2.44. The Labute approximate surface area is 496 Å². The molecule has 6 N–H and O–H groups in total. The van der Waals surface area contributed by atoms with E-state index in [-0.39, 0.29) is 86.1 Å². The van der Waals surface area contributed by atoms with Crippen molar-refractivity contribution in [2.75, 3.05) is 50.2 Å². The van der Waals surface area contributed by atoms with Crippen LogP contribution >= 0.6 is 0 Å². The molecule has 0 unspecified atom stereocenters. The second kappa shape index (κ2) is 27.4. The number of anilines is 2. The smallest absolute Gasteiger partial charge is 0.251 e. The van der Waals surface area contributed by atoms with Gasteiger partial charge in [0.1, 0.15) is 60.1 Å². The summed E-state index contributed by atoms with van der Waals surface area (Å²) in [6.07, 6.45) is 0.883.